The van der Waals surface area contributed by atoms with Crippen molar-refractivity contribution in [1.29, 1.82) is 0 Å². The number of benzene rings is 1. The summed E-state index contributed by atoms with van der Waals surface area (Å²) in [5.41, 5.74) is -0.0148. The van der Waals surface area contributed by atoms with Gasteiger partial charge >= 0.3 is 0 Å². The van der Waals surface area contributed by atoms with Crippen molar-refractivity contribution < 1.29 is 9.26 Å². The van der Waals surface area contributed by atoms with Gasteiger partial charge in [-0.25, -0.2) is 0 Å². The molecule has 0 amide bonds. The molecule has 1 unspecified atom stereocenters. The number of nitrogens with zero attached hydrogens (tertiary/aromatic N) is 3. The molecule has 6 nitrogen and oxygen atoms in total. The third kappa shape index (κ3) is 2.28. The average Bonchev–Trinajstić information content (AvgIpc) is 3.21. The molecule has 3 heterocycles. The Labute approximate surface area is 124 Å². The van der Waals surface area contributed by atoms with Gasteiger partial charge in [0.05, 0.1) is 10.1 Å². The fourth-order valence-electron chi connectivity index (χ4n) is 2.48. The van der Waals surface area contributed by atoms with Crippen LogP contribution in [0.1, 0.15) is 30.7 Å². The standard InChI is InChI=1S/C14H13N3O3S/c18-14-9-4-1-2-6-11(9)21-17(14)8-12-15-13(20-16-12)10-5-3-7-19-10/h1-2,4,6,10H,3,5,7-8H2. The molecule has 0 saturated carbocycles. The number of fused-ring (bicyclic) bond motifs is 1. The predicted octanol–water partition coefficient (Wildman–Crippen LogP) is 2.35. The molecule has 0 spiro atoms. The number of ether oxygens (including phenoxy) is 1. The van der Waals surface area contributed by atoms with E-state index in [9.17, 15) is 4.79 Å². The summed E-state index contributed by atoms with van der Waals surface area (Å²) in [5, 5.41) is 4.68. The van der Waals surface area contributed by atoms with Gasteiger partial charge in [0.1, 0.15) is 12.6 Å². The lowest BCUT2D eigenvalue weighted by molar-refractivity contribution is 0.0835. The molecule has 1 atom stereocenters. The summed E-state index contributed by atoms with van der Waals surface area (Å²) in [6, 6.07) is 7.56. The third-order valence-corrected chi connectivity index (χ3v) is 4.59. The van der Waals surface area contributed by atoms with Crippen molar-refractivity contribution in [1.82, 2.24) is 14.1 Å². The van der Waals surface area contributed by atoms with Crippen molar-refractivity contribution in [3.05, 3.63) is 46.3 Å². The van der Waals surface area contributed by atoms with Crippen molar-refractivity contribution in [3.8, 4) is 0 Å². The second-order valence-corrected chi connectivity index (χ2v) is 6.04. The molecule has 0 aliphatic carbocycles. The van der Waals surface area contributed by atoms with Crippen molar-refractivity contribution >= 4 is 21.6 Å². The molecule has 3 aromatic rings. The first-order chi connectivity index (χ1) is 10.3. The van der Waals surface area contributed by atoms with Crippen molar-refractivity contribution in [2.24, 2.45) is 0 Å². The van der Waals surface area contributed by atoms with E-state index in [4.69, 9.17) is 9.26 Å². The van der Waals surface area contributed by atoms with Crippen LogP contribution >= 0.6 is 11.5 Å². The molecule has 0 N–H and O–H groups in total. The lowest BCUT2D eigenvalue weighted by atomic mass is 10.2. The van der Waals surface area contributed by atoms with Crippen LogP contribution < -0.4 is 5.56 Å². The van der Waals surface area contributed by atoms with Gasteiger partial charge in [-0.1, -0.05) is 28.8 Å². The van der Waals surface area contributed by atoms with Crippen LogP contribution in [0.4, 0.5) is 0 Å². The van der Waals surface area contributed by atoms with Gasteiger partial charge in [-0.2, -0.15) is 4.98 Å². The largest absolute Gasteiger partial charge is 0.368 e. The molecule has 1 aromatic carbocycles. The Morgan fingerprint density at radius 1 is 1.38 bits per heavy atom. The van der Waals surface area contributed by atoms with E-state index in [1.165, 1.54) is 11.5 Å². The van der Waals surface area contributed by atoms with Gasteiger partial charge in [0.15, 0.2) is 5.82 Å². The van der Waals surface area contributed by atoms with E-state index < -0.39 is 0 Å². The van der Waals surface area contributed by atoms with Crippen LogP contribution in [-0.2, 0) is 11.3 Å². The van der Waals surface area contributed by atoms with Gasteiger partial charge in [-0.3, -0.25) is 8.75 Å². The van der Waals surface area contributed by atoms with Gasteiger partial charge in [0.25, 0.3) is 11.4 Å². The van der Waals surface area contributed by atoms with Gasteiger partial charge in [-0.05, 0) is 25.0 Å². The molecule has 2 aromatic heterocycles. The van der Waals surface area contributed by atoms with Crippen molar-refractivity contribution in [3.63, 3.8) is 0 Å². The van der Waals surface area contributed by atoms with E-state index >= 15 is 0 Å². The molecule has 1 aliphatic heterocycles. The highest BCUT2D eigenvalue weighted by Gasteiger charge is 2.24. The zero-order chi connectivity index (χ0) is 14.2. The van der Waals surface area contributed by atoms with E-state index in [1.54, 1.807) is 3.96 Å². The minimum atomic E-state index is -0.0922. The monoisotopic (exact) mass is 303 g/mol. The number of rotatable bonds is 3. The van der Waals surface area contributed by atoms with Crippen LogP contribution in [0.3, 0.4) is 0 Å². The molecule has 108 valence electrons. The molecule has 1 fully saturated rings. The quantitative estimate of drug-likeness (QED) is 0.743. The Kier molecular flexibility index (Phi) is 3.08. The molecule has 0 radical (unpaired) electrons. The lowest BCUT2D eigenvalue weighted by Crippen LogP contribution is -2.14. The highest BCUT2D eigenvalue weighted by atomic mass is 32.1. The van der Waals surface area contributed by atoms with Gasteiger partial charge in [0.2, 0.25) is 0 Å². The maximum absolute atomic E-state index is 12.3. The van der Waals surface area contributed by atoms with E-state index in [1.807, 2.05) is 24.3 Å². The molecule has 21 heavy (non-hydrogen) atoms. The zero-order valence-electron chi connectivity index (χ0n) is 11.2. The van der Waals surface area contributed by atoms with Crippen LogP contribution in [0.5, 0.6) is 0 Å². The molecule has 7 heteroatoms. The molecular formula is C14H13N3O3S. The van der Waals surface area contributed by atoms with E-state index in [0.29, 0.717) is 18.3 Å². The Hall–Kier alpha value is -1.99. The second-order valence-electron chi connectivity index (χ2n) is 4.98. The summed E-state index contributed by atoms with van der Waals surface area (Å²) < 4.78 is 13.4. The fourth-order valence-corrected chi connectivity index (χ4v) is 3.48. The van der Waals surface area contributed by atoms with Crippen LogP contribution in [0.15, 0.2) is 33.6 Å². The van der Waals surface area contributed by atoms with E-state index in [2.05, 4.69) is 10.1 Å². The van der Waals surface area contributed by atoms with Crippen LogP contribution in [0.25, 0.3) is 10.1 Å². The van der Waals surface area contributed by atoms with E-state index in [-0.39, 0.29) is 11.7 Å². The summed E-state index contributed by atoms with van der Waals surface area (Å²) in [4.78, 5) is 16.6. The smallest absolute Gasteiger partial charge is 0.268 e. The normalized spacial score (nSPS) is 18.6. The molecule has 0 bridgehead atoms. The Morgan fingerprint density at radius 2 is 2.29 bits per heavy atom. The van der Waals surface area contributed by atoms with Gasteiger partial charge < -0.3 is 9.26 Å². The predicted molar refractivity (Wildman–Crippen MR) is 77.4 cm³/mol. The first kappa shape index (κ1) is 12.7. The van der Waals surface area contributed by atoms with Crippen molar-refractivity contribution in [2.75, 3.05) is 6.61 Å². The highest BCUT2D eigenvalue weighted by Crippen LogP contribution is 2.27. The van der Waals surface area contributed by atoms with Gasteiger partial charge in [0, 0.05) is 6.61 Å². The summed E-state index contributed by atoms with van der Waals surface area (Å²) in [6.45, 7) is 1.06. The summed E-state index contributed by atoms with van der Waals surface area (Å²) in [5.74, 6) is 1.02. The number of hydrogen-bond donors (Lipinski definition) is 0. The minimum absolute atomic E-state index is 0.0148. The van der Waals surface area contributed by atoms with E-state index in [0.717, 1.165) is 29.5 Å². The minimum Gasteiger partial charge on any atom is -0.368 e. The highest BCUT2D eigenvalue weighted by molar-refractivity contribution is 7.13. The molecule has 1 aliphatic rings. The first-order valence-electron chi connectivity index (χ1n) is 6.84. The average molecular weight is 303 g/mol. The van der Waals surface area contributed by atoms with Crippen LogP contribution in [0.2, 0.25) is 0 Å². The fraction of sp³-hybridized carbons (Fsp3) is 0.357. The number of hydrogen-bond acceptors (Lipinski definition) is 6. The third-order valence-electron chi connectivity index (χ3n) is 3.53. The molecule has 1 saturated heterocycles. The SMILES string of the molecule is O=c1c2ccccc2sn1Cc1noc(C2CCCO2)n1. The Bertz CT molecular complexity index is 829. The summed E-state index contributed by atoms with van der Waals surface area (Å²) >= 11 is 1.41. The first-order valence-corrected chi connectivity index (χ1v) is 7.61. The zero-order valence-corrected chi connectivity index (χ0v) is 12.0. The Morgan fingerprint density at radius 3 is 3.10 bits per heavy atom. The molecule has 4 rings (SSSR count). The van der Waals surface area contributed by atoms with Crippen LogP contribution in [0, 0.1) is 0 Å². The van der Waals surface area contributed by atoms with Crippen LogP contribution in [-0.4, -0.2) is 20.7 Å². The maximum atomic E-state index is 12.3. The second kappa shape index (κ2) is 5.09. The van der Waals surface area contributed by atoms with Gasteiger partial charge in [-0.15, -0.1) is 0 Å². The lowest BCUT2D eigenvalue weighted by Gasteiger charge is -2.00. The number of aromatic nitrogens is 3. The summed E-state index contributed by atoms with van der Waals surface area (Å²) in [7, 11) is 0. The molecular weight excluding hydrogens is 290 g/mol. The Balaban J connectivity index is 1.62. The maximum Gasteiger partial charge on any atom is 0.268 e. The summed E-state index contributed by atoms with van der Waals surface area (Å²) in [6.07, 6.45) is 1.83. The topological polar surface area (TPSA) is 70.2 Å². The van der Waals surface area contributed by atoms with Crippen molar-refractivity contribution in [2.45, 2.75) is 25.5 Å².